The van der Waals surface area contributed by atoms with E-state index in [-0.39, 0.29) is 23.0 Å². The van der Waals surface area contributed by atoms with Gasteiger partial charge in [-0.05, 0) is 24.3 Å². The first-order valence-electron chi connectivity index (χ1n) is 6.02. The summed E-state index contributed by atoms with van der Waals surface area (Å²) in [4.78, 5) is 23.1. The molecule has 2 aromatic rings. The van der Waals surface area contributed by atoms with E-state index in [1.54, 1.807) is 0 Å². The molecular weight excluding hydrogens is 276 g/mol. The van der Waals surface area contributed by atoms with Crippen molar-refractivity contribution in [3.8, 4) is 23.0 Å². The second-order valence-corrected chi connectivity index (χ2v) is 4.12. The predicted octanol–water partition coefficient (Wildman–Crippen LogP) is 2.00. The minimum Gasteiger partial charge on any atom is -0.508 e. The van der Waals surface area contributed by atoms with Crippen LogP contribution in [0.5, 0.6) is 23.0 Å². The zero-order chi connectivity index (χ0) is 15.2. The highest BCUT2D eigenvalue weighted by atomic mass is 16.6. The third kappa shape index (κ3) is 4.54. The highest BCUT2D eigenvalue weighted by Crippen LogP contribution is 2.19. The number of hydrogen-bond acceptors (Lipinski definition) is 6. The first kappa shape index (κ1) is 14.4. The Morgan fingerprint density at radius 1 is 0.810 bits per heavy atom. The Labute approximate surface area is 120 Å². The van der Waals surface area contributed by atoms with E-state index >= 15 is 0 Å². The van der Waals surface area contributed by atoms with Crippen molar-refractivity contribution in [2.24, 2.45) is 0 Å². The standard InChI is InChI=1S/C15H12O6/c16-10-3-1-5-12(7-10)20-14(18)9-15(19)21-13-6-2-4-11(17)8-13/h1-8,16-17H,9H2. The van der Waals surface area contributed by atoms with Gasteiger partial charge in [0.1, 0.15) is 29.4 Å². The SMILES string of the molecule is O=C(CC(=O)Oc1cccc(O)c1)Oc1cccc(O)c1. The molecule has 0 saturated carbocycles. The Morgan fingerprint density at radius 3 is 1.62 bits per heavy atom. The number of benzene rings is 2. The molecule has 6 nitrogen and oxygen atoms in total. The third-order valence-corrected chi connectivity index (χ3v) is 2.39. The van der Waals surface area contributed by atoms with Gasteiger partial charge >= 0.3 is 11.9 Å². The molecule has 2 rings (SSSR count). The number of carbonyl (C=O) groups is 2. The normalized spacial score (nSPS) is 9.90. The molecule has 0 fully saturated rings. The first-order valence-corrected chi connectivity index (χ1v) is 6.02. The quantitative estimate of drug-likeness (QED) is 0.508. The van der Waals surface area contributed by atoms with Crippen LogP contribution < -0.4 is 9.47 Å². The van der Waals surface area contributed by atoms with Crippen LogP contribution in [0.4, 0.5) is 0 Å². The van der Waals surface area contributed by atoms with Gasteiger partial charge in [0.2, 0.25) is 0 Å². The number of rotatable bonds is 4. The minimum absolute atomic E-state index is 0.0531. The molecule has 0 aromatic heterocycles. The van der Waals surface area contributed by atoms with Gasteiger partial charge in [0.25, 0.3) is 0 Å². The van der Waals surface area contributed by atoms with Gasteiger partial charge in [-0.2, -0.15) is 0 Å². The van der Waals surface area contributed by atoms with Gasteiger partial charge in [0.15, 0.2) is 0 Å². The number of phenols is 2. The molecule has 0 aliphatic rings. The summed E-state index contributed by atoms with van der Waals surface area (Å²) in [5, 5.41) is 18.4. The molecule has 2 aromatic carbocycles. The molecule has 0 aliphatic carbocycles. The fourth-order valence-corrected chi connectivity index (χ4v) is 1.55. The second kappa shape index (κ2) is 6.42. The molecule has 108 valence electrons. The molecule has 0 radical (unpaired) electrons. The van der Waals surface area contributed by atoms with Crippen LogP contribution in [0.1, 0.15) is 6.42 Å². The Bertz CT molecular complexity index is 607. The van der Waals surface area contributed by atoms with E-state index in [1.807, 2.05) is 0 Å². The van der Waals surface area contributed by atoms with Crippen molar-refractivity contribution in [2.45, 2.75) is 6.42 Å². The van der Waals surface area contributed by atoms with Crippen LogP contribution in [-0.4, -0.2) is 22.2 Å². The first-order chi connectivity index (χ1) is 10.0. The third-order valence-electron chi connectivity index (χ3n) is 2.39. The second-order valence-electron chi connectivity index (χ2n) is 4.12. The van der Waals surface area contributed by atoms with E-state index in [2.05, 4.69) is 0 Å². The maximum absolute atomic E-state index is 11.5. The summed E-state index contributed by atoms with van der Waals surface area (Å²) in [6, 6.07) is 11.3. The fraction of sp³-hybridized carbons (Fsp3) is 0.0667. The molecule has 0 spiro atoms. The highest BCUT2D eigenvalue weighted by Gasteiger charge is 2.14. The zero-order valence-electron chi connectivity index (χ0n) is 10.9. The van der Waals surface area contributed by atoms with Crippen LogP contribution >= 0.6 is 0 Å². The number of hydrogen-bond donors (Lipinski definition) is 2. The van der Waals surface area contributed by atoms with Gasteiger partial charge in [0, 0.05) is 12.1 Å². The van der Waals surface area contributed by atoms with Gasteiger partial charge in [-0.25, -0.2) is 0 Å². The Morgan fingerprint density at radius 2 is 1.24 bits per heavy atom. The van der Waals surface area contributed by atoms with Crippen molar-refractivity contribution in [1.29, 1.82) is 0 Å². The van der Waals surface area contributed by atoms with Crippen LogP contribution in [0.3, 0.4) is 0 Å². The smallest absolute Gasteiger partial charge is 0.322 e. The molecule has 21 heavy (non-hydrogen) atoms. The molecule has 0 aliphatic heterocycles. The van der Waals surface area contributed by atoms with Crippen molar-refractivity contribution < 1.29 is 29.3 Å². The number of aromatic hydroxyl groups is 2. The maximum atomic E-state index is 11.5. The number of phenolic OH excluding ortho intramolecular Hbond substituents is 2. The van der Waals surface area contributed by atoms with Gasteiger partial charge in [-0.15, -0.1) is 0 Å². The van der Waals surface area contributed by atoms with Crippen LogP contribution in [0.25, 0.3) is 0 Å². The summed E-state index contributed by atoms with van der Waals surface area (Å²) in [5.41, 5.74) is 0. The van der Waals surface area contributed by atoms with Gasteiger partial charge in [-0.1, -0.05) is 12.1 Å². The van der Waals surface area contributed by atoms with Crippen LogP contribution in [0.2, 0.25) is 0 Å². The molecule has 0 amide bonds. The lowest BCUT2D eigenvalue weighted by molar-refractivity contribution is -0.144. The lowest BCUT2D eigenvalue weighted by Gasteiger charge is -2.05. The Balaban J connectivity index is 1.89. The minimum atomic E-state index is -0.814. The van der Waals surface area contributed by atoms with E-state index in [0.29, 0.717) is 0 Å². The summed E-state index contributed by atoms with van der Waals surface area (Å²) < 4.78 is 9.76. The summed E-state index contributed by atoms with van der Waals surface area (Å²) in [5.74, 6) is -1.47. The van der Waals surface area contributed by atoms with E-state index < -0.39 is 18.4 Å². The van der Waals surface area contributed by atoms with Crippen LogP contribution in [-0.2, 0) is 9.59 Å². The van der Waals surface area contributed by atoms with Crippen LogP contribution in [0.15, 0.2) is 48.5 Å². The number of esters is 2. The van der Waals surface area contributed by atoms with E-state index in [4.69, 9.17) is 9.47 Å². The zero-order valence-corrected chi connectivity index (χ0v) is 10.9. The van der Waals surface area contributed by atoms with Crippen molar-refractivity contribution in [2.75, 3.05) is 0 Å². The van der Waals surface area contributed by atoms with Crippen LogP contribution in [0, 0.1) is 0 Å². The molecular formula is C15H12O6. The van der Waals surface area contributed by atoms with Crippen molar-refractivity contribution in [3.63, 3.8) is 0 Å². The molecule has 6 heteroatoms. The number of ether oxygens (including phenoxy) is 2. The summed E-state index contributed by atoms with van der Waals surface area (Å²) >= 11 is 0. The van der Waals surface area contributed by atoms with E-state index in [0.717, 1.165) is 0 Å². The monoisotopic (exact) mass is 288 g/mol. The van der Waals surface area contributed by atoms with Crippen molar-refractivity contribution in [3.05, 3.63) is 48.5 Å². The Kier molecular flexibility index (Phi) is 4.40. The van der Waals surface area contributed by atoms with E-state index in [1.165, 1.54) is 48.5 Å². The molecule has 0 unspecified atom stereocenters. The lowest BCUT2D eigenvalue weighted by atomic mass is 10.3. The average molecular weight is 288 g/mol. The predicted molar refractivity (Wildman–Crippen MR) is 72.1 cm³/mol. The summed E-state index contributed by atoms with van der Waals surface area (Å²) in [7, 11) is 0. The van der Waals surface area contributed by atoms with Gasteiger partial charge in [0.05, 0.1) is 0 Å². The molecule has 0 bridgehead atoms. The fourth-order valence-electron chi connectivity index (χ4n) is 1.55. The highest BCUT2D eigenvalue weighted by molar-refractivity contribution is 5.93. The summed E-state index contributed by atoms with van der Waals surface area (Å²) in [6.45, 7) is 0. The topological polar surface area (TPSA) is 93.1 Å². The molecule has 2 N–H and O–H groups in total. The van der Waals surface area contributed by atoms with Crippen molar-refractivity contribution in [1.82, 2.24) is 0 Å². The molecule has 0 heterocycles. The molecule has 0 atom stereocenters. The van der Waals surface area contributed by atoms with Gasteiger partial charge < -0.3 is 19.7 Å². The largest absolute Gasteiger partial charge is 0.508 e. The Hall–Kier alpha value is -3.02. The lowest BCUT2D eigenvalue weighted by Crippen LogP contribution is -2.18. The maximum Gasteiger partial charge on any atom is 0.322 e. The molecule has 0 saturated heterocycles. The van der Waals surface area contributed by atoms with Gasteiger partial charge in [-0.3, -0.25) is 9.59 Å². The van der Waals surface area contributed by atoms with Crippen molar-refractivity contribution >= 4 is 11.9 Å². The number of carbonyl (C=O) groups excluding carboxylic acids is 2. The van der Waals surface area contributed by atoms with E-state index in [9.17, 15) is 19.8 Å². The summed E-state index contributed by atoms with van der Waals surface area (Å²) in [6.07, 6.45) is -0.592. The average Bonchev–Trinajstić information content (AvgIpc) is 2.38.